The Morgan fingerprint density at radius 2 is 1.97 bits per heavy atom. The lowest BCUT2D eigenvalue weighted by atomic mass is 10.1. The molecule has 8 nitrogen and oxygen atoms in total. The average Bonchev–Trinajstić information content (AvgIpc) is 3.27. The first-order valence-electron chi connectivity index (χ1n) is 9.36. The highest BCUT2D eigenvalue weighted by Crippen LogP contribution is 2.28. The summed E-state index contributed by atoms with van der Waals surface area (Å²) in [5.41, 5.74) is 1.73. The zero-order chi connectivity index (χ0) is 20.4. The van der Waals surface area contributed by atoms with Crippen LogP contribution in [0.5, 0.6) is 0 Å². The zero-order valence-corrected chi connectivity index (χ0v) is 16.7. The summed E-state index contributed by atoms with van der Waals surface area (Å²) >= 11 is 6.18. The topological polar surface area (TPSA) is 80.6 Å². The van der Waals surface area contributed by atoms with Gasteiger partial charge in [0.05, 0.1) is 24.1 Å². The lowest BCUT2D eigenvalue weighted by Gasteiger charge is -2.35. The molecule has 4 rings (SSSR count). The summed E-state index contributed by atoms with van der Waals surface area (Å²) in [6.45, 7) is 3.84. The first kappa shape index (κ1) is 19.2. The van der Waals surface area contributed by atoms with E-state index in [9.17, 15) is 9.59 Å². The standard InChI is InChI=1S/C20H20ClN5O3/c1-2-29-20(28)19(27)25-9-7-24(8-10-25)18-12-17(26-6-5-22-13-26)15-4-3-14(21)11-16(15)23-18/h3-6,11-13H,2,7-10H2,1H3. The van der Waals surface area contributed by atoms with Gasteiger partial charge < -0.3 is 19.1 Å². The number of hydrogen-bond donors (Lipinski definition) is 0. The molecule has 3 aromatic rings. The second kappa shape index (κ2) is 8.08. The number of benzene rings is 1. The third-order valence-corrected chi connectivity index (χ3v) is 5.10. The van der Waals surface area contributed by atoms with Crippen LogP contribution in [0.25, 0.3) is 16.6 Å². The summed E-state index contributed by atoms with van der Waals surface area (Å²) in [5.74, 6) is -0.614. The molecule has 0 aliphatic carbocycles. The molecule has 150 valence electrons. The molecule has 0 atom stereocenters. The summed E-state index contributed by atoms with van der Waals surface area (Å²) in [6.07, 6.45) is 5.34. The van der Waals surface area contributed by atoms with Crippen LogP contribution in [0.1, 0.15) is 6.92 Å². The molecule has 0 spiro atoms. The summed E-state index contributed by atoms with van der Waals surface area (Å²) in [4.78, 5) is 36.4. The van der Waals surface area contributed by atoms with Gasteiger partial charge in [-0.25, -0.2) is 14.8 Å². The number of ether oxygens (including phenoxy) is 1. The number of aromatic nitrogens is 3. The number of nitrogens with zero attached hydrogens (tertiary/aromatic N) is 5. The maximum absolute atomic E-state index is 12.1. The van der Waals surface area contributed by atoms with Crippen LogP contribution in [0.4, 0.5) is 5.82 Å². The Labute approximate surface area is 172 Å². The number of halogens is 1. The molecule has 1 amide bonds. The van der Waals surface area contributed by atoms with E-state index in [0.717, 1.165) is 22.4 Å². The van der Waals surface area contributed by atoms with E-state index >= 15 is 0 Å². The monoisotopic (exact) mass is 413 g/mol. The van der Waals surface area contributed by atoms with Crippen LogP contribution in [0.3, 0.4) is 0 Å². The Hall–Kier alpha value is -3.13. The number of carbonyl (C=O) groups is 2. The summed E-state index contributed by atoms with van der Waals surface area (Å²) in [5, 5.41) is 1.58. The highest BCUT2D eigenvalue weighted by Gasteiger charge is 2.27. The fraction of sp³-hybridized carbons (Fsp3) is 0.300. The fourth-order valence-corrected chi connectivity index (χ4v) is 3.57. The number of piperazine rings is 1. The van der Waals surface area contributed by atoms with Crippen molar-refractivity contribution in [1.29, 1.82) is 0 Å². The van der Waals surface area contributed by atoms with Crippen molar-refractivity contribution in [2.75, 3.05) is 37.7 Å². The number of esters is 1. The normalized spacial score (nSPS) is 14.3. The molecule has 0 N–H and O–H groups in total. The molecule has 9 heteroatoms. The van der Waals surface area contributed by atoms with Crippen LogP contribution in [0.15, 0.2) is 43.0 Å². The highest BCUT2D eigenvalue weighted by atomic mass is 35.5. The number of amides is 1. The Balaban J connectivity index is 1.60. The molecule has 1 fully saturated rings. The Bertz CT molecular complexity index is 1050. The predicted octanol–water partition coefficient (Wildman–Crippen LogP) is 2.29. The molecular formula is C20H20ClN5O3. The average molecular weight is 414 g/mol. The first-order chi connectivity index (χ1) is 14.1. The largest absolute Gasteiger partial charge is 0.459 e. The summed E-state index contributed by atoms with van der Waals surface area (Å²) in [6, 6.07) is 7.62. The highest BCUT2D eigenvalue weighted by molar-refractivity contribution is 6.32. The molecule has 1 saturated heterocycles. The van der Waals surface area contributed by atoms with Crippen molar-refractivity contribution in [1.82, 2.24) is 19.4 Å². The Morgan fingerprint density at radius 1 is 1.17 bits per heavy atom. The van der Waals surface area contributed by atoms with Gasteiger partial charge in [-0.2, -0.15) is 0 Å². The number of fused-ring (bicyclic) bond motifs is 1. The van der Waals surface area contributed by atoms with Crippen molar-refractivity contribution < 1.29 is 14.3 Å². The molecule has 3 heterocycles. The minimum atomic E-state index is -0.804. The molecule has 1 aliphatic heterocycles. The van der Waals surface area contributed by atoms with Gasteiger partial charge in [0.1, 0.15) is 5.82 Å². The fourth-order valence-electron chi connectivity index (χ4n) is 3.41. The van der Waals surface area contributed by atoms with Gasteiger partial charge in [-0.3, -0.25) is 4.79 Å². The van der Waals surface area contributed by atoms with Crippen molar-refractivity contribution in [2.45, 2.75) is 6.92 Å². The lowest BCUT2D eigenvalue weighted by molar-refractivity contribution is -0.160. The minimum Gasteiger partial charge on any atom is -0.459 e. The number of carbonyl (C=O) groups excluding carboxylic acids is 2. The molecule has 1 aliphatic rings. The van der Waals surface area contributed by atoms with Gasteiger partial charge in [-0.05, 0) is 25.1 Å². The molecule has 0 radical (unpaired) electrons. The van der Waals surface area contributed by atoms with Crippen molar-refractivity contribution in [3.63, 3.8) is 0 Å². The van der Waals surface area contributed by atoms with Crippen LogP contribution in [0, 0.1) is 0 Å². The first-order valence-corrected chi connectivity index (χ1v) is 9.74. The SMILES string of the molecule is CCOC(=O)C(=O)N1CCN(c2cc(-n3ccnc3)c3ccc(Cl)cc3n2)CC1. The van der Waals surface area contributed by atoms with Crippen LogP contribution >= 0.6 is 11.6 Å². The van der Waals surface area contributed by atoms with Gasteiger partial charge in [0.15, 0.2) is 0 Å². The van der Waals surface area contributed by atoms with Gasteiger partial charge >= 0.3 is 11.9 Å². The van der Waals surface area contributed by atoms with E-state index in [0.29, 0.717) is 31.2 Å². The molecule has 2 aromatic heterocycles. The molecule has 0 bridgehead atoms. The maximum Gasteiger partial charge on any atom is 0.397 e. The van der Waals surface area contributed by atoms with E-state index in [1.165, 1.54) is 4.90 Å². The summed E-state index contributed by atoms with van der Waals surface area (Å²) < 4.78 is 6.74. The van der Waals surface area contributed by atoms with Crippen LogP contribution in [-0.2, 0) is 14.3 Å². The van der Waals surface area contributed by atoms with E-state index in [1.807, 2.05) is 35.0 Å². The smallest absolute Gasteiger partial charge is 0.397 e. The molecule has 29 heavy (non-hydrogen) atoms. The minimum absolute atomic E-state index is 0.186. The van der Waals surface area contributed by atoms with Crippen molar-refractivity contribution in [3.8, 4) is 5.69 Å². The number of pyridine rings is 1. The Morgan fingerprint density at radius 3 is 2.66 bits per heavy atom. The molecular weight excluding hydrogens is 394 g/mol. The third kappa shape index (κ3) is 3.88. The van der Waals surface area contributed by atoms with Crippen molar-refractivity contribution >= 4 is 40.2 Å². The van der Waals surface area contributed by atoms with E-state index in [1.54, 1.807) is 19.4 Å². The van der Waals surface area contributed by atoms with Crippen molar-refractivity contribution in [3.05, 3.63) is 48.0 Å². The second-order valence-electron chi connectivity index (χ2n) is 6.63. The molecule has 0 unspecified atom stereocenters. The van der Waals surface area contributed by atoms with Gasteiger partial charge in [0.25, 0.3) is 0 Å². The van der Waals surface area contributed by atoms with Crippen molar-refractivity contribution in [2.24, 2.45) is 0 Å². The maximum atomic E-state index is 12.1. The lowest BCUT2D eigenvalue weighted by Crippen LogP contribution is -2.51. The molecule has 0 saturated carbocycles. The van der Waals surface area contributed by atoms with Gasteiger partial charge in [0.2, 0.25) is 0 Å². The Kier molecular flexibility index (Phi) is 5.35. The van der Waals surface area contributed by atoms with Gasteiger partial charge in [-0.1, -0.05) is 11.6 Å². The number of imidazole rings is 1. The number of anilines is 1. The second-order valence-corrected chi connectivity index (χ2v) is 7.07. The van der Waals surface area contributed by atoms with Gasteiger partial charge in [-0.15, -0.1) is 0 Å². The van der Waals surface area contributed by atoms with E-state index in [-0.39, 0.29) is 6.61 Å². The third-order valence-electron chi connectivity index (χ3n) is 4.86. The van der Waals surface area contributed by atoms with E-state index in [4.69, 9.17) is 21.3 Å². The zero-order valence-electron chi connectivity index (χ0n) is 15.9. The predicted molar refractivity (Wildman–Crippen MR) is 109 cm³/mol. The quantitative estimate of drug-likeness (QED) is 0.484. The van der Waals surface area contributed by atoms with E-state index in [2.05, 4.69) is 9.88 Å². The number of hydrogen-bond acceptors (Lipinski definition) is 6. The molecule has 1 aromatic carbocycles. The van der Waals surface area contributed by atoms with Crippen LogP contribution < -0.4 is 4.90 Å². The number of rotatable bonds is 3. The van der Waals surface area contributed by atoms with E-state index < -0.39 is 11.9 Å². The summed E-state index contributed by atoms with van der Waals surface area (Å²) in [7, 11) is 0. The van der Waals surface area contributed by atoms with Crippen LogP contribution in [-0.4, -0.2) is 64.1 Å². The van der Waals surface area contributed by atoms with Crippen LogP contribution in [0.2, 0.25) is 5.02 Å². The van der Waals surface area contributed by atoms with Gasteiger partial charge in [0, 0.05) is 55.0 Å².